The molecule has 0 N–H and O–H groups in total. The lowest BCUT2D eigenvalue weighted by molar-refractivity contribution is -0.110. The van der Waals surface area contributed by atoms with Gasteiger partial charge in [0.25, 0.3) is 0 Å². The van der Waals surface area contributed by atoms with Gasteiger partial charge < -0.3 is 0 Å². The normalized spacial score (nSPS) is 46.5. The third kappa shape index (κ3) is 2.32. The van der Waals surface area contributed by atoms with Gasteiger partial charge in [0.15, 0.2) is 0 Å². The van der Waals surface area contributed by atoms with Crippen molar-refractivity contribution < 1.29 is 0 Å². The Morgan fingerprint density at radius 1 is 0.955 bits per heavy atom. The summed E-state index contributed by atoms with van der Waals surface area (Å²) in [6.07, 6.45) is 14.1. The fourth-order valence-corrected chi connectivity index (χ4v) is 7.74. The van der Waals surface area contributed by atoms with Gasteiger partial charge in [-0.2, -0.15) is 0 Å². The van der Waals surface area contributed by atoms with Crippen molar-refractivity contribution in [1.82, 2.24) is 0 Å². The fraction of sp³-hybridized carbons (Fsp3) is 1.00. The Bertz CT molecular complexity index is 390. The van der Waals surface area contributed by atoms with E-state index in [4.69, 9.17) is 0 Å². The van der Waals surface area contributed by atoms with Crippen LogP contribution >= 0.6 is 0 Å². The Hall–Kier alpha value is 0.0649. The molecule has 3 aliphatic carbocycles. The van der Waals surface area contributed by atoms with E-state index in [1.807, 2.05) is 0 Å². The molecule has 4 bridgehead atoms. The molecule has 5 aliphatic rings. The number of hydrogen-bond acceptors (Lipinski definition) is 0. The van der Waals surface area contributed by atoms with Crippen LogP contribution in [0.3, 0.4) is 0 Å². The Labute approximate surface area is 139 Å². The van der Waals surface area contributed by atoms with Crippen molar-refractivity contribution in [2.45, 2.75) is 103 Å². The van der Waals surface area contributed by atoms with E-state index >= 15 is 0 Å². The maximum Gasteiger partial charge on any atom is 0.149 e. The summed E-state index contributed by atoms with van der Waals surface area (Å²) in [7, 11) is 0. The fourth-order valence-electron chi connectivity index (χ4n) is 7.74. The molecule has 22 heavy (non-hydrogen) atoms. The van der Waals surface area contributed by atoms with Crippen LogP contribution in [0.15, 0.2) is 0 Å². The van der Waals surface area contributed by atoms with Crippen LogP contribution in [0.4, 0.5) is 0 Å². The second kappa shape index (κ2) is 5.56. The minimum Gasteiger partial charge on any atom is -0.0628 e. The minimum absolute atomic E-state index is 0.667. The minimum atomic E-state index is 0.667. The SMILES string of the molecule is CC(C)C[C@@H]1[C@H]2C[C@@H](C[C@H]1B1C3CCCC1CCC3)C2(C)C. The van der Waals surface area contributed by atoms with Gasteiger partial charge in [0.2, 0.25) is 0 Å². The van der Waals surface area contributed by atoms with Gasteiger partial charge in [-0.25, -0.2) is 0 Å². The van der Waals surface area contributed by atoms with Gasteiger partial charge in [0.05, 0.1) is 0 Å². The Morgan fingerprint density at radius 2 is 1.55 bits per heavy atom. The average molecular weight is 300 g/mol. The molecule has 2 aliphatic heterocycles. The van der Waals surface area contributed by atoms with Gasteiger partial charge in [-0.1, -0.05) is 90.1 Å². The lowest BCUT2D eigenvalue weighted by Crippen LogP contribution is -2.58. The summed E-state index contributed by atoms with van der Waals surface area (Å²) < 4.78 is 0. The van der Waals surface area contributed by atoms with Crippen LogP contribution in [-0.2, 0) is 0 Å². The van der Waals surface area contributed by atoms with E-state index in [1.165, 1.54) is 6.42 Å². The highest BCUT2D eigenvalue weighted by molar-refractivity contribution is 6.64. The third-order valence-corrected chi connectivity index (χ3v) is 8.80. The van der Waals surface area contributed by atoms with E-state index in [2.05, 4.69) is 27.7 Å². The zero-order valence-electron chi connectivity index (χ0n) is 15.5. The zero-order chi connectivity index (χ0) is 15.5. The zero-order valence-corrected chi connectivity index (χ0v) is 15.5. The van der Waals surface area contributed by atoms with E-state index < -0.39 is 0 Å². The Kier molecular flexibility index (Phi) is 3.94. The second-order valence-electron chi connectivity index (χ2n) is 10.5. The standard InChI is InChI=1S/C21H37B/c1-14(2)11-18-19-12-15(21(19,3)4)13-20(18)22-16-7-5-8-17(22)10-6-9-16/h14-20H,5-13H2,1-4H3/t15-,16?,17?,18+,19+,20+/m0/s1. The molecular weight excluding hydrogens is 263 g/mol. The van der Waals surface area contributed by atoms with Gasteiger partial charge in [-0.3, -0.25) is 0 Å². The van der Waals surface area contributed by atoms with E-state index in [1.54, 1.807) is 51.4 Å². The molecule has 0 nitrogen and oxygen atoms in total. The lowest BCUT2D eigenvalue weighted by atomic mass is 9.17. The van der Waals surface area contributed by atoms with Crippen LogP contribution < -0.4 is 0 Å². The smallest absolute Gasteiger partial charge is 0.0628 e. The largest absolute Gasteiger partial charge is 0.149 e. The van der Waals surface area contributed by atoms with Crippen molar-refractivity contribution in [2.75, 3.05) is 0 Å². The van der Waals surface area contributed by atoms with Gasteiger partial charge >= 0.3 is 0 Å². The van der Waals surface area contributed by atoms with Gasteiger partial charge in [-0.15, -0.1) is 0 Å². The van der Waals surface area contributed by atoms with E-state index in [0.29, 0.717) is 5.41 Å². The molecule has 0 aromatic carbocycles. The predicted molar refractivity (Wildman–Crippen MR) is 97.6 cm³/mol. The number of hydrogen-bond donors (Lipinski definition) is 0. The van der Waals surface area contributed by atoms with Crippen molar-refractivity contribution in [3.8, 4) is 0 Å². The van der Waals surface area contributed by atoms with E-state index in [-0.39, 0.29) is 0 Å². The number of fused-ring (bicyclic) bond motifs is 5. The molecule has 2 heterocycles. The maximum absolute atomic E-state index is 2.59. The average Bonchev–Trinajstić information content (AvgIpc) is 2.45. The third-order valence-electron chi connectivity index (χ3n) is 8.80. The summed E-state index contributed by atoms with van der Waals surface area (Å²) in [6, 6.07) is 0. The molecular formula is C21H37B. The van der Waals surface area contributed by atoms with E-state index in [9.17, 15) is 0 Å². The molecule has 5 rings (SSSR count). The van der Waals surface area contributed by atoms with Crippen LogP contribution in [0.25, 0.3) is 0 Å². The van der Waals surface area contributed by atoms with Gasteiger partial charge in [0.1, 0.15) is 6.71 Å². The van der Waals surface area contributed by atoms with Crippen molar-refractivity contribution in [3.05, 3.63) is 0 Å². The topological polar surface area (TPSA) is 0 Å². The highest BCUT2D eigenvalue weighted by atomic mass is 14.6. The van der Waals surface area contributed by atoms with Gasteiger partial charge in [-0.05, 0) is 41.9 Å². The molecule has 0 aromatic rings. The van der Waals surface area contributed by atoms with E-state index in [0.717, 1.165) is 47.8 Å². The second-order valence-corrected chi connectivity index (χ2v) is 10.5. The highest BCUT2D eigenvalue weighted by Crippen LogP contribution is 2.68. The summed E-state index contributed by atoms with van der Waals surface area (Å²) in [5.74, 6) is 7.42. The summed E-state index contributed by atoms with van der Waals surface area (Å²) in [4.78, 5) is 0. The lowest BCUT2D eigenvalue weighted by Gasteiger charge is -2.65. The Morgan fingerprint density at radius 3 is 2.05 bits per heavy atom. The molecule has 0 radical (unpaired) electrons. The first-order chi connectivity index (χ1) is 10.5. The molecule has 0 spiro atoms. The van der Waals surface area contributed by atoms with Gasteiger partial charge in [0, 0.05) is 0 Å². The molecule has 0 unspecified atom stereocenters. The Balaban J connectivity index is 1.59. The molecule has 1 heteroatoms. The summed E-state index contributed by atoms with van der Waals surface area (Å²) in [6.45, 7) is 11.3. The summed E-state index contributed by atoms with van der Waals surface area (Å²) in [5, 5.41) is 0. The summed E-state index contributed by atoms with van der Waals surface area (Å²) in [5.41, 5.74) is 0.667. The predicted octanol–water partition coefficient (Wildman–Crippen LogP) is 6.69. The number of rotatable bonds is 3. The van der Waals surface area contributed by atoms with Crippen LogP contribution in [0.1, 0.15) is 85.5 Å². The monoisotopic (exact) mass is 300 g/mol. The van der Waals surface area contributed by atoms with Crippen LogP contribution in [0.5, 0.6) is 0 Å². The quantitative estimate of drug-likeness (QED) is 0.509. The highest BCUT2D eigenvalue weighted by Gasteiger charge is 2.60. The van der Waals surface area contributed by atoms with Crippen molar-refractivity contribution in [3.63, 3.8) is 0 Å². The first-order valence-electron chi connectivity index (χ1n) is 10.5. The maximum atomic E-state index is 2.59. The molecule has 2 saturated heterocycles. The van der Waals surface area contributed by atoms with Crippen LogP contribution in [0.2, 0.25) is 17.5 Å². The van der Waals surface area contributed by atoms with Crippen molar-refractivity contribution >= 4 is 6.71 Å². The summed E-state index contributed by atoms with van der Waals surface area (Å²) >= 11 is 0. The molecule has 124 valence electrons. The van der Waals surface area contributed by atoms with Crippen molar-refractivity contribution in [1.29, 1.82) is 0 Å². The molecule has 5 fully saturated rings. The molecule has 3 saturated carbocycles. The van der Waals surface area contributed by atoms with Crippen LogP contribution in [-0.4, -0.2) is 6.71 Å². The van der Waals surface area contributed by atoms with Crippen molar-refractivity contribution in [2.24, 2.45) is 29.1 Å². The molecule has 4 atom stereocenters. The molecule has 0 amide bonds. The molecule has 0 aromatic heterocycles. The first-order valence-corrected chi connectivity index (χ1v) is 10.5. The van der Waals surface area contributed by atoms with Crippen LogP contribution in [0, 0.1) is 29.1 Å². The first kappa shape index (κ1) is 15.6.